The Labute approximate surface area is 145 Å². The van der Waals surface area contributed by atoms with Crippen molar-refractivity contribution >= 4 is 5.91 Å². The van der Waals surface area contributed by atoms with Crippen LogP contribution in [0.5, 0.6) is 0 Å². The molecule has 0 N–H and O–H groups in total. The van der Waals surface area contributed by atoms with E-state index in [-0.39, 0.29) is 37.0 Å². The predicted octanol–water partition coefficient (Wildman–Crippen LogP) is 2.40. The number of pyridine rings is 1. The summed E-state index contributed by atoms with van der Waals surface area (Å²) in [5.74, 6) is -3.41. The molecule has 136 valence electrons. The number of aromatic nitrogens is 1. The van der Waals surface area contributed by atoms with E-state index >= 15 is 0 Å². The van der Waals surface area contributed by atoms with Crippen LogP contribution in [0.4, 0.5) is 8.78 Å². The number of carbonyl (C=O) groups excluding carboxylic acids is 1. The van der Waals surface area contributed by atoms with Gasteiger partial charge in [0.2, 0.25) is 11.8 Å². The lowest BCUT2D eigenvalue weighted by Gasteiger charge is -2.39. The van der Waals surface area contributed by atoms with E-state index in [1.807, 2.05) is 12.1 Å². The smallest absolute Gasteiger partial charge is 0.249 e. The Bertz CT molecular complexity index is 620. The molecule has 1 saturated heterocycles. The number of alkyl halides is 2. The van der Waals surface area contributed by atoms with Gasteiger partial charge in [0.1, 0.15) is 6.10 Å². The van der Waals surface area contributed by atoms with Gasteiger partial charge in [0.25, 0.3) is 0 Å². The number of nitrogens with zero attached hydrogens (tertiary/aromatic N) is 2. The van der Waals surface area contributed by atoms with Crippen LogP contribution >= 0.6 is 0 Å². The second-order valence-corrected chi connectivity index (χ2v) is 7.18. The number of carbonyl (C=O) groups is 1. The van der Waals surface area contributed by atoms with Crippen LogP contribution in [0.3, 0.4) is 0 Å². The van der Waals surface area contributed by atoms with Gasteiger partial charge in [-0.2, -0.15) is 0 Å². The zero-order chi connectivity index (χ0) is 17.4. The number of ether oxygens (including phenoxy) is 2. The predicted molar refractivity (Wildman–Crippen MR) is 85.0 cm³/mol. The second-order valence-electron chi connectivity index (χ2n) is 7.18. The van der Waals surface area contributed by atoms with Gasteiger partial charge in [0, 0.05) is 37.7 Å². The van der Waals surface area contributed by atoms with Gasteiger partial charge >= 0.3 is 0 Å². The summed E-state index contributed by atoms with van der Waals surface area (Å²) in [5, 5.41) is 0. The van der Waals surface area contributed by atoms with Gasteiger partial charge in [-0.15, -0.1) is 0 Å². The molecule has 3 fully saturated rings. The quantitative estimate of drug-likeness (QED) is 0.835. The van der Waals surface area contributed by atoms with E-state index in [1.54, 1.807) is 17.3 Å². The van der Waals surface area contributed by atoms with Gasteiger partial charge < -0.3 is 14.4 Å². The fourth-order valence-corrected chi connectivity index (χ4v) is 4.12. The first-order chi connectivity index (χ1) is 12.0. The van der Waals surface area contributed by atoms with Crippen molar-refractivity contribution in [2.24, 2.45) is 5.92 Å². The van der Waals surface area contributed by atoms with Gasteiger partial charge in [0.15, 0.2) is 0 Å². The third-order valence-corrected chi connectivity index (χ3v) is 5.47. The van der Waals surface area contributed by atoms with E-state index in [2.05, 4.69) is 4.98 Å². The Morgan fingerprint density at radius 3 is 2.80 bits per heavy atom. The molecule has 1 aliphatic heterocycles. The molecule has 0 radical (unpaired) electrons. The second kappa shape index (κ2) is 6.61. The summed E-state index contributed by atoms with van der Waals surface area (Å²) >= 11 is 0. The number of fused-ring (bicyclic) bond motifs is 2. The Balaban J connectivity index is 1.44. The van der Waals surface area contributed by atoms with Crippen LogP contribution in [-0.4, -0.2) is 53.1 Å². The van der Waals surface area contributed by atoms with Crippen molar-refractivity contribution in [3.8, 4) is 0 Å². The molecule has 0 aromatic carbocycles. The number of hydrogen-bond donors (Lipinski definition) is 0. The Hall–Kier alpha value is -1.60. The zero-order valence-electron chi connectivity index (χ0n) is 13.9. The lowest BCUT2D eigenvalue weighted by molar-refractivity contribution is -0.163. The summed E-state index contributed by atoms with van der Waals surface area (Å²) in [6.07, 6.45) is 4.14. The normalized spacial score (nSPS) is 31.4. The molecule has 2 bridgehead atoms. The highest BCUT2D eigenvalue weighted by Gasteiger charge is 2.52. The third kappa shape index (κ3) is 3.40. The fourth-order valence-electron chi connectivity index (χ4n) is 4.12. The van der Waals surface area contributed by atoms with E-state index in [9.17, 15) is 13.6 Å². The molecule has 2 aliphatic carbocycles. The van der Waals surface area contributed by atoms with Crippen LogP contribution in [0.15, 0.2) is 24.5 Å². The van der Waals surface area contributed by atoms with Crippen LogP contribution in [-0.2, 0) is 20.9 Å². The monoisotopic (exact) mass is 352 g/mol. The van der Waals surface area contributed by atoms with Crippen molar-refractivity contribution in [1.82, 2.24) is 9.88 Å². The van der Waals surface area contributed by atoms with Crippen LogP contribution < -0.4 is 0 Å². The van der Waals surface area contributed by atoms with Crippen molar-refractivity contribution in [3.63, 3.8) is 0 Å². The average Bonchev–Trinajstić information content (AvgIpc) is 2.86. The van der Waals surface area contributed by atoms with Crippen LogP contribution in [0.2, 0.25) is 0 Å². The summed E-state index contributed by atoms with van der Waals surface area (Å²) in [4.78, 5) is 18.4. The SMILES string of the molecule is O=C(C1CC(F)(F)C1)N1CCO[C@H]2CC[C@H]1[C@H]2OCc1ccncc1. The highest BCUT2D eigenvalue weighted by atomic mass is 19.3. The molecular weight excluding hydrogens is 330 g/mol. The summed E-state index contributed by atoms with van der Waals surface area (Å²) in [5.41, 5.74) is 1.01. The molecule has 25 heavy (non-hydrogen) atoms. The maximum Gasteiger partial charge on any atom is 0.249 e. The average molecular weight is 352 g/mol. The van der Waals surface area contributed by atoms with Gasteiger partial charge in [-0.25, -0.2) is 8.78 Å². The van der Waals surface area contributed by atoms with E-state index in [1.165, 1.54) is 0 Å². The highest BCUT2D eigenvalue weighted by molar-refractivity contribution is 5.80. The Morgan fingerprint density at radius 2 is 2.08 bits per heavy atom. The van der Waals surface area contributed by atoms with Crippen molar-refractivity contribution < 1.29 is 23.0 Å². The maximum absolute atomic E-state index is 13.1. The highest BCUT2D eigenvalue weighted by Crippen LogP contribution is 2.44. The summed E-state index contributed by atoms with van der Waals surface area (Å²) in [7, 11) is 0. The molecule has 2 heterocycles. The van der Waals surface area contributed by atoms with Gasteiger partial charge in [-0.05, 0) is 30.5 Å². The molecule has 1 aromatic heterocycles. The molecule has 3 aliphatic rings. The van der Waals surface area contributed by atoms with E-state index < -0.39 is 11.8 Å². The van der Waals surface area contributed by atoms with E-state index in [4.69, 9.17) is 9.47 Å². The molecule has 7 heteroatoms. The van der Waals surface area contributed by atoms with Gasteiger partial charge in [-0.3, -0.25) is 9.78 Å². The fraction of sp³-hybridized carbons (Fsp3) is 0.667. The summed E-state index contributed by atoms with van der Waals surface area (Å²) in [6, 6.07) is 3.69. The molecule has 5 nitrogen and oxygen atoms in total. The molecule has 1 aromatic rings. The molecule has 1 amide bonds. The number of rotatable bonds is 4. The molecule has 4 rings (SSSR count). The van der Waals surface area contributed by atoms with Crippen LogP contribution in [0.25, 0.3) is 0 Å². The summed E-state index contributed by atoms with van der Waals surface area (Å²) in [6.45, 7) is 1.31. The zero-order valence-corrected chi connectivity index (χ0v) is 13.9. The maximum atomic E-state index is 13.1. The van der Waals surface area contributed by atoms with Crippen LogP contribution in [0, 0.1) is 5.92 Å². The standard InChI is InChI=1S/C18H22F2N2O3/c19-18(20)9-13(10-18)17(23)22-7-8-24-15-2-1-14(22)16(15)25-11-12-3-5-21-6-4-12/h3-6,13-16H,1-2,7-11H2/t14-,15-,16+/m0/s1. The van der Waals surface area contributed by atoms with Crippen molar-refractivity contribution in [1.29, 1.82) is 0 Å². The number of hydrogen-bond acceptors (Lipinski definition) is 4. The molecule has 0 spiro atoms. The number of amides is 1. The van der Waals surface area contributed by atoms with Crippen molar-refractivity contribution in [2.75, 3.05) is 13.2 Å². The minimum atomic E-state index is -2.68. The topological polar surface area (TPSA) is 51.7 Å². The van der Waals surface area contributed by atoms with E-state index in [0.717, 1.165) is 18.4 Å². The molecular formula is C18H22F2N2O3. The first-order valence-corrected chi connectivity index (χ1v) is 8.84. The Kier molecular flexibility index (Phi) is 4.45. The molecule has 3 atom stereocenters. The van der Waals surface area contributed by atoms with Crippen molar-refractivity contribution in [2.45, 2.75) is 56.5 Å². The van der Waals surface area contributed by atoms with Gasteiger partial charge in [0.05, 0.1) is 25.4 Å². The van der Waals surface area contributed by atoms with E-state index in [0.29, 0.717) is 19.8 Å². The van der Waals surface area contributed by atoms with Crippen molar-refractivity contribution in [3.05, 3.63) is 30.1 Å². The first-order valence-electron chi connectivity index (χ1n) is 8.84. The van der Waals surface area contributed by atoms with Gasteiger partial charge in [-0.1, -0.05) is 0 Å². The minimum Gasteiger partial charge on any atom is -0.374 e. The lowest BCUT2D eigenvalue weighted by Crippen LogP contribution is -2.52. The largest absolute Gasteiger partial charge is 0.374 e. The van der Waals surface area contributed by atoms with Crippen LogP contribution in [0.1, 0.15) is 31.2 Å². The third-order valence-electron chi connectivity index (χ3n) is 5.47. The lowest BCUT2D eigenvalue weighted by atomic mass is 9.80. The Morgan fingerprint density at radius 1 is 1.32 bits per heavy atom. The molecule has 0 unspecified atom stereocenters. The number of halogens is 2. The minimum absolute atomic E-state index is 0.0348. The summed E-state index contributed by atoms with van der Waals surface area (Å²) < 4.78 is 38.2. The first kappa shape index (κ1) is 16.8. The molecule has 2 saturated carbocycles.